The topological polar surface area (TPSA) is 25.9 Å². The Morgan fingerprint density at radius 1 is 1.00 bits per heavy atom. The van der Waals surface area contributed by atoms with Crippen LogP contribution in [0.25, 0.3) is 22.0 Å². The molecule has 0 N–H and O–H groups in total. The molecule has 0 radical (unpaired) electrons. The highest BCUT2D eigenvalue weighted by Gasteiger charge is 2.30. The van der Waals surface area contributed by atoms with Gasteiger partial charge in [0.05, 0.1) is 23.0 Å². The number of aromatic nitrogens is 2. The number of ketones is 1. The molecule has 1 aromatic heterocycles. The van der Waals surface area contributed by atoms with E-state index in [1.165, 1.54) is 5.82 Å². The van der Waals surface area contributed by atoms with E-state index in [-0.39, 0.29) is 22.8 Å². The fraction of sp³-hybridized carbons (Fsp3) is 0.167. The summed E-state index contributed by atoms with van der Waals surface area (Å²) in [6, 6.07) is 19.6. The molecule has 0 amide bonds. The number of imidazole rings is 1. The second-order valence-corrected chi connectivity index (χ2v) is 8.21. The fourth-order valence-corrected chi connectivity index (χ4v) is 4.54. The van der Waals surface area contributed by atoms with Gasteiger partial charge in [-0.15, -0.1) is 0 Å². The minimum atomic E-state index is 0. The number of carbonyl (C=O) groups excluding carboxylic acids is 1. The van der Waals surface area contributed by atoms with Crippen LogP contribution in [0.4, 0.5) is 0 Å². The van der Waals surface area contributed by atoms with E-state index in [1.54, 1.807) is 0 Å². The molecule has 4 aromatic rings. The van der Waals surface area contributed by atoms with Gasteiger partial charge in [-0.05, 0) is 35.4 Å². The van der Waals surface area contributed by atoms with Crippen LogP contribution in [0.3, 0.4) is 0 Å². The predicted octanol–water partition coefficient (Wildman–Crippen LogP) is 2.74. The number of Topliss-reactive ketones (excluding diaryl/α,β-unsaturated/α-hetero) is 1. The van der Waals surface area contributed by atoms with Gasteiger partial charge < -0.3 is 17.0 Å². The molecular weight excluding hydrogens is 483 g/mol. The van der Waals surface area contributed by atoms with Crippen LogP contribution in [0.2, 0.25) is 10.0 Å². The zero-order chi connectivity index (χ0) is 20.0. The van der Waals surface area contributed by atoms with Crippen molar-refractivity contribution in [3.63, 3.8) is 0 Å². The first-order chi connectivity index (χ1) is 14.1. The lowest BCUT2D eigenvalue weighted by atomic mass is 10.0. The molecule has 1 aliphatic rings. The lowest BCUT2D eigenvalue weighted by Gasteiger charge is -2.05. The van der Waals surface area contributed by atoms with Crippen molar-refractivity contribution in [2.75, 3.05) is 0 Å². The summed E-state index contributed by atoms with van der Waals surface area (Å²) >= 11 is 12.3. The van der Waals surface area contributed by atoms with E-state index < -0.39 is 0 Å². The average molecular weight is 502 g/mol. The number of nitrogens with zero attached hydrogens (tertiary/aromatic N) is 2. The summed E-state index contributed by atoms with van der Waals surface area (Å²) < 4.78 is 4.38. The summed E-state index contributed by atoms with van der Waals surface area (Å²) in [6.45, 7) is 1.27. The molecule has 0 unspecified atom stereocenters. The number of hydrogen-bond donors (Lipinski definition) is 0. The molecule has 0 bridgehead atoms. The number of rotatable bonds is 4. The van der Waals surface area contributed by atoms with Crippen molar-refractivity contribution in [1.82, 2.24) is 4.57 Å². The lowest BCUT2D eigenvalue weighted by molar-refractivity contribution is -0.689. The monoisotopic (exact) mass is 500 g/mol. The van der Waals surface area contributed by atoms with Gasteiger partial charge >= 0.3 is 0 Å². The molecule has 0 spiro atoms. The van der Waals surface area contributed by atoms with Crippen LogP contribution < -0.4 is 21.5 Å². The third kappa shape index (κ3) is 3.68. The summed E-state index contributed by atoms with van der Waals surface area (Å²) in [5.74, 6) is 1.30. The Morgan fingerprint density at radius 2 is 1.80 bits per heavy atom. The molecule has 3 nitrogen and oxygen atoms in total. The van der Waals surface area contributed by atoms with Crippen molar-refractivity contribution in [3.8, 4) is 11.3 Å². The fourth-order valence-electron chi connectivity index (χ4n) is 4.24. The van der Waals surface area contributed by atoms with Crippen molar-refractivity contribution >= 4 is 39.8 Å². The molecule has 0 atom stereocenters. The molecule has 0 saturated carbocycles. The Bertz CT molecular complexity index is 1260. The van der Waals surface area contributed by atoms with Gasteiger partial charge in [0, 0.05) is 11.1 Å². The van der Waals surface area contributed by atoms with Crippen molar-refractivity contribution in [2.45, 2.75) is 25.9 Å². The first-order valence-electron chi connectivity index (χ1n) is 9.70. The maximum Gasteiger partial charge on any atom is 0.257 e. The number of hydrogen-bond acceptors (Lipinski definition) is 1. The van der Waals surface area contributed by atoms with Crippen LogP contribution in [0.1, 0.15) is 22.6 Å². The van der Waals surface area contributed by atoms with E-state index in [4.69, 9.17) is 23.2 Å². The third-order valence-electron chi connectivity index (χ3n) is 5.61. The van der Waals surface area contributed by atoms with Gasteiger partial charge in [0.25, 0.3) is 5.82 Å². The second kappa shape index (κ2) is 8.54. The normalized spacial score (nSPS) is 12.6. The highest BCUT2D eigenvalue weighted by atomic mass is 79.9. The first kappa shape index (κ1) is 21.1. The summed E-state index contributed by atoms with van der Waals surface area (Å²) in [7, 11) is 0. The number of fused-ring (bicyclic) bond motifs is 2. The van der Waals surface area contributed by atoms with Crippen molar-refractivity contribution in [2.24, 2.45) is 0 Å². The van der Waals surface area contributed by atoms with Crippen LogP contribution >= 0.6 is 23.2 Å². The maximum atomic E-state index is 13.2. The molecule has 3 aromatic carbocycles. The van der Waals surface area contributed by atoms with E-state index in [1.807, 2.05) is 60.7 Å². The highest BCUT2D eigenvalue weighted by Crippen LogP contribution is 2.30. The largest absolute Gasteiger partial charge is 1.00 e. The molecule has 0 aliphatic carbocycles. The third-order valence-corrected chi connectivity index (χ3v) is 6.35. The van der Waals surface area contributed by atoms with Gasteiger partial charge in [0.2, 0.25) is 5.78 Å². The van der Waals surface area contributed by atoms with Crippen LogP contribution in [-0.4, -0.2) is 10.4 Å². The summed E-state index contributed by atoms with van der Waals surface area (Å²) in [6.07, 6.45) is 4.11. The van der Waals surface area contributed by atoms with Gasteiger partial charge in [-0.3, -0.25) is 4.79 Å². The van der Waals surface area contributed by atoms with Crippen molar-refractivity contribution in [1.29, 1.82) is 0 Å². The molecule has 5 rings (SSSR count). The van der Waals surface area contributed by atoms with Crippen molar-refractivity contribution < 1.29 is 26.3 Å². The Kier molecular flexibility index (Phi) is 6.01. The van der Waals surface area contributed by atoms with Gasteiger partial charge in [0.1, 0.15) is 6.20 Å². The average Bonchev–Trinajstić information content (AvgIpc) is 3.33. The number of benzene rings is 3. The lowest BCUT2D eigenvalue weighted by Crippen LogP contribution is -3.00. The zero-order valence-corrected chi connectivity index (χ0v) is 19.2. The standard InChI is InChI=1S/C24H19Cl2N2O.BrH/c25-20-11-10-17(13-21(20)26)22-14-27(24-9-4-12-28(22)24)15-23(29)19-8-3-6-16-5-1-2-7-18(16)19;/h1-3,5-8,10-11,13-14H,4,9,12,15H2;1H/q+1;/p-1. The van der Waals surface area contributed by atoms with Crippen molar-refractivity contribution in [3.05, 3.63) is 88.3 Å². The van der Waals surface area contributed by atoms with Gasteiger partial charge in [0.15, 0.2) is 12.2 Å². The molecule has 30 heavy (non-hydrogen) atoms. The summed E-state index contributed by atoms with van der Waals surface area (Å²) in [4.78, 5) is 13.2. The Balaban J connectivity index is 0.00000218. The minimum Gasteiger partial charge on any atom is -1.00 e. The van der Waals surface area contributed by atoms with Crippen LogP contribution in [-0.2, 0) is 19.5 Å². The van der Waals surface area contributed by atoms with E-state index in [0.29, 0.717) is 16.6 Å². The summed E-state index contributed by atoms with van der Waals surface area (Å²) in [5.41, 5.74) is 2.85. The van der Waals surface area contributed by atoms with Crippen LogP contribution in [0, 0.1) is 0 Å². The Labute approximate surface area is 195 Å². The van der Waals surface area contributed by atoms with E-state index >= 15 is 0 Å². The van der Waals surface area contributed by atoms with Gasteiger partial charge in [-0.25, -0.2) is 9.13 Å². The van der Waals surface area contributed by atoms with Crippen LogP contribution in [0.15, 0.2) is 66.9 Å². The highest BCUT2D eigenvalue weighted by molar-refractivity contribution is 6.42. The molecule has 152 valence electrons. The molecule has 6 heteroatoms. The van der Waals surface area contributed by atoms with E-state index in [9.17, 15) is 4.79 Å². The molecule has 0 saturated heterocycles. The SMILES string of the molecule is O=C(C[n+]1cc(-c2ccc(Cl)c(Cl)c2)n2c1CCC2)c1cccc2ccccc12.[Br-]. The molecule has 2 heterocycles. The molecular formula is C24H19BrCl2N2O. The smallest absolute Gasteiger partial charge is 0.257 e. The Hall–Kier alpha value is -2.14. The quantitative estimate of drug-likeness (QED) is 0.312. The van der Waals surface area contributed by atoms with E-state index in [2.05, 4.69) is 15.3 Å². The first-order valence-corrected chi connectivity index (χ1v) is 10.5. The second-order valence-electron chi connectivity index (χ2n) is 7.39. The molecule has 0 fully saturated rings. The number of carbonyl (C=O) groups is 1. The van der Waals surface area contributed by atoms with Gasteiger partial charge in [-0.1, -0.05) is 65.7 Å². The zero-order valence-electron chi connectivity index (χ0n) is 16.1. The summed E-state index contributed by atoms with van der Waals surface area (Å²) in [5, 5.41) is 3.17. The van der Waals surface area contributed by atoms with Gasteiger partial charge in [-0.2, -0.15) is 0 Å². The minimum absolute atomic E-state index is 0. The Morgan fingerprint density at radius 3 is 2.63 bits per heavy atom. The predicted molar refractivity (Wildman–Crippen MR) is 117 cm³/mol. The van der Waals surface area contributed by atoms with Crippen LogP contribution in [0.5, 0.6) is 0 Å². The number of halogens is 3. The maximum absolute atomic E-state index is 13.2. The molecule has 1 aliphatic heterocycles. The van der Waals surface area contributed by atoms with E-state index in [0.717, 1.165) is 47.0 Å².